The average Bonchev–Trinajstić information content (AvgIpc) is 2.79. The van der Waals surface area contributed by atoms with Gasteiger partial charge < -0.3 is 9.84 Å². The number of benzene rings is 1. The predicted octanol–water partition coefficient (Wildman–Crippen LogP) is 8.65. The van der Waals surface area contributed by atoms with Gasteiger partial charge >= 0.3 is 5.97 Å². The zero-order valence-corrected chi connectivity index (χ0v) is 22.6. The summed E-state index contributed by atoms with van der Waals surface area (Å²) < 4.78 is 5.42. The molecule has 4 heteroatoms. The summed E-state index contributed by atoms with van der Waals surface area (Å²) in [6.07, 6.45) is 21.9. The van der Waals surface area contributed by atoms with Crippen molar-refractivity contribution in [2.75, 3.05) is 6.61 Å². The molecule has 0 fully saturated rings. The van der Waals surface area contributed by atoms with Crippen molar-refractivity contribution in [3.8, 4) is 5.75 Å². The van der Waals surface area contributed by atoms with Crippen LogP contribution in [0.15, 0.2) is 12.1 Å². The highest BCUT2D eigenvalue weighted by molar-refractivity contribution is 7.81. The minimum absolute atomic E-state index is 0.246. The van der Waals surface area contributed by atoms with Crippen molar-refractivity contribution >= 4 is 18.6 Å². The Bertz CT molecular complexity index is 644. The minimum atomic E-state index is -0.464. The zero-order chi connectivity index (χ0) is 24.3. The molecule has 1 rings (SSSR count). The molecule has 33 heavy (non-hydrogen) atoms. The SMILES string of the molecule is CCCCCCCCCCCCCCCCCCOC(=O)C(S)Cc1cc(C)c(O)cc1C. The molecular formula is C29H50O3S. The second kappa shape index (κ2) is 19.2. The predicted molar refractivity (Wildman–Crippen MR) is 145 cm³/mol. The van der Waals surface area contributed by atoms with Gasteiger partial charge in [-0.2, -0.15) is 12.6 Å². The van der Waals surface area contributed by atoms with Crippen molar-refractivity contribution < 1.29 is 14.6 Å². The maximum Gasteiger partial charge on any atom is 0.319 e. The van der Waals surface area contributed by atoms with Gasteiger partial charge in [0.15, 0.2) is 0 Å². The van der Waals surface area contributed by atoms with Gasteiger partial charge in [0.05, 0.1) is 6.61 Å². The van der Waals surface area contributed by atoms with Crippen molar-refractivity contribution in [2.24, 2.45) is 0 Å². The lowest BCUT2D eigenvalue weighted by atomic mass is 10.0. The first-order valence-electron chi connectivity index (χ1n) is 13.6. The fourth-order valence-corrected chi connectivity index (χ4v) is 4.56. The molecule has 1 aromatic carbocycles. The normalized spacial score (nSPS) is 12.1. The van der Waals surface area contributed by atoms with Gasteiger partial charge in [-0.25, -0.2) is 0 Å². The van der Waals surface area contributed by atoms with E-state index in [9.17, 15) is 9.90 Å². The van der Waals surface area contributed by atoms with E-state index in [1.807, 2.05) is 19.9 Å². The van der Waals surface area contributed by atoms with Gasteiger partial charge in [0.2, 0.25) is 0 Å². The Morgan fingerprint density at radius 1 is 0.788 bits per heavy atom. The smallest absolute Gasteiger partial charge is 0.319 e. The molecule has 0 aliphatic carbocycles. The summed E-state index contributed by atoms with van der Waals surface area (Å²) in [6.45, 7) is 6.57. The van der Waals surface area contributed by atoms with Gasteiger partial charge in [-0.15, -0.1) is 0 Å². The van der Waals surface area contributed by atoms with Gasteiger partial charge in [0, 0.05) is 0 Å². The van der Waals surface area contributed by atoms with Crippen molar-refractivity contribution in [3.05, 3.63) is 28.8 Å². The van der Waals surface area contributed by atoms with Crippen LogP contribution in [0.25, 0.3) is 0 Å². The lowest BCUT2D eigenvalue weighted by Gasteiger charge is -2.14. The molecule has 0 radical (unpaired) electrons. The first-order valence-corrected chi connectivity index (χ1v) is 14.1. The van der Waals surface area contributed by atoms with Gasteiger partial charge in [-0.3, -0.25) is 4.79 Å². The number of phenolic OH excluding ortho intramolecular Hbond substituents is 1. The number of hydrogen-bond donors (Lipinski definition) is 2. The summed E-state index contributed by atoms with van der Waals surface area (Å²) in [4.78, 5) is 12.2. The van der Waals surface area contributed by atoms with Crippen molar-refractivity contribution in [3.63, 3.8) is 0 Å². The first kappa shape index (κ1) is 29.9. The van der Waals surface area contributed by atoms with Gasteiger partial charge in [0.1, 0.15) is 11.0 Å². The van der Waals surface area contributed by atoms with Crippen LogP contribution in [-0.2, 0) is 16.0 Å². The zero-order valence-electron chi connectivity index (χ0n) is 21.7. The van der Waals surface area contributed by atoms with E-state index in [-0.39, 0.29) is 11.7 Å². The van der Waals surface area contributed by atoms with E-state index in [0.29, 0.717) is 13.0 Å². The van der Waals surface area contributed by atoms with Gasteiger partial charge in [0.25, 0.3) is 0 Å². The second-order valence-electron chi connectivity index (χ2n) is 9.76. The number of rotatable bonds is 20. The molecule has 0 saturated heterocycles. The van der Waals surface area contributed by atoms with Crippen LogP contribution in [0.1, 0.15) is 126 Å². The van der Waals surface area contributed by atoms with Crippen molar-refractivity contribution in [1.29, 1.82) is 0 Å². The molecule has 0 amide bonds. The Hall–Kier alpha value is -1.16. The lowest BCUT2D eigenvalue weighted by Crippen LogP contribution is -2.21. The highest BCUT2D eigenvalue weighted by atomic mass is 32.1. The number of aromatic hydroxyl groups is 1. The summed E-state index contributed by atoms with van der Waals surface area (Å²) in [7, 11) is 0. The van der Waals surface area contributed by atoms with E-state index < -0.39 is 5.25 Å². The van der Waals surface area contributed by atoms with Crippen LogP contribution in [0.2, 0.25) is 0 Å². The maximum absolute atomic E-state index is 12.2. The molecule has 0 heterocycles. The summed E-state index contributed by atoms with van der Waals surface area (Å²) in [5.41, 5.74) is 2.82. The van der Waals surface area contributed by atoms with Crippen LogP contribution < -0.4 is 0 Å². The summed E-state index contributed by atoms with van der Waals surface area (Å²) in [5, 5.41) is 9.31. The number of unbranched alkanes of at least 4 members (excludes halogenated alkanes) is 15. The topological polar surface area (TPSA) is 46.5 Å². The molecule has 0 spiro atoms. The van der Waals surface area contributed by atoms with Crippen LogP contribution >= 0.6 is 12.6 Å². The Balaban J connectivity index is 1.93. The van der Waals surface area contributed by atoms with E-state index in [2.05, 4.69) is 19.6 Å². The molecule has 0 saturated carbocycles. The maximum atomic E-state index is 12.2. The lowest BCUT2D eigenvalue weighted by molar-refractivity contribution is -0.143. The average molecular weight is 479 g/mol. The molecule has 3 nitrogen and oxygen atoms in total. The van der Waals surface area contributed by atoms with Crippen LogP contribution in [-0.4, -0.2) is 22.9 Å². The third-order valence-electron chi connectivity index (χ3n) is 6.58. The van der Waals surface area contributed by atoms with E-state index in [4.69, 9.17) is 4.74 Å². The standard InChI is InChI=1S/C29H50O3S/c1-4-5-6-7-8-9-10-11-12-13-14-15-16-17-18-19-20-32-29(31)28(33)23-26-21-25(3)27(30)22-24(26)2/h21-22,28,30,33H,4-20,23H2,1-3H3. The monoisotopic (exact) mass is 478 g/mol. The molecule has 0 aromatic heterocycles. The summed E-state index contributed by atoms with van der Waals surface area (Å²) >= 11 is 4.44. The van der Waals surface area contributed by atoms with Crippen molar-refractivity contribution in [1.82, 2.24) is 0 Å². The molecular weight excluding hydrogens is 428 g/mol. The highest BCUT2D eigenvalue weighted by Gasteiger charge is 2.17. The molecule has 0 aliphatic heterocycles. The van der Waals surface area contributed by atoms with Crippen LogP contribution in [0.4, 0.5) is 0 Å². The molecule has 1 N–H and O–H groups in total. The fraction of sp³-hybridized carbons (Fsp3) is 0.759. The third kappa shape index (κ3) is 14.7. The number of phenols is 1. The fourth-order valence-electron chi connectivity index (χ4n) is 4.29. The number of carbonyl (C=O) groups is 1. The molecule has 0 bridgehead atoms. The minimum Gasteiger partial charge on any atom is -0.508 e. The number of thiol groups is 1. The number of carbonyl (C=O) groups excluding carboxylic acids is 1. The summed E-state index contributed by atoms with van der Waals surface area (Å²) in [6, 6.07) is 3.67. The molecule has 0 aliphatic rings. The number of esters is 1. The third-order valence-corrected chi connectivity index (χ3v) is 6.98. The van der Waals surface area contributed by atoms with E-state index in [1.54, 1.807) is 6.07 Å². The molecule has 190 valence electrons. The van der Waals surface area contributed by atoms with E-state index >= 15 is 0 Å². The van der Waals surface area contributed by atoms with Crippen LogP contribution in [0.3, 0.4) is 0 Å². The number of ether oxygens (including phenoxy) is 1. The molecule has 1 aromatic rings. The second-order valence-corrected chi connectivity index (χ2v) is 10.4. The molecule has 1 atom stereocenters. The van der Waals surface area contributed by atoms with E-state index in [0.717, 1.165) is 29.5 Å². The molecule has 1 unspecified atom stereocenters. The Labute approximate surface area is 209 Å². The van der Waals surface area contributed by atoms with Gasteiger partial charge in [-0.1, -0.05) is 109 Å². The Morgan fingerprint density at radius 2 is 1.24 bits per heavy atom. The largest absolute Gasteiger partial charge is 0.508 e. The number of hydrogen-bond acceptors (Lipinski definition) is 4. The van der Waals surface area contributed by atoms with E-state index in [1.165, 1.54) is 89.9 Å². The van der Waals surface area contributed by atoms with Gasteiger partial charge in [-0.05, 0) is 49.4 Å². The number of aryl methyl sites for hydroxylation is 2. The summed E-state index contributed by atoms with van der Waals surface area (Å²) in [5.74, 6) is 0.0439. The Kier molecular flexibility index (Phi) is 17.4. The van der Waals surface area contributed by atoms with Crippen LogP contribution in [0, 0.1) is 13.8 Å². The first-order chi connectivity index (χ1) is 16.0. The Morgan fingerprint density at radius 3 is 1.73 bits per heavy atom. The van der Waals surface area contributed by atoms with Crippen molar-refractivity contribution in [2.45, 2.75) is 135 Å². The highest BCUT2D eigenvalue weighted by Crippen LogP contribution is 2.23. The quantitative estimate of drug-likeness (QED) is 0.112. The van der Waals surface area contributed by atoms with Crippen LogP contribution in [0.5, 0.6) is 5.75 Å².